The molecule has 0 aromatic carbocycles. The number of ether oxygens (including phenoxy) is 1. The highest BCUT2D eigenvalue weighted by Gasteiger charge is 2.19. The van der Waals surface area contributed by atoms with E-state index < -0.39 is 17.8 Å². The third kappa shape index (κ3) is 2.00. The van der Waals surface area contributed by atoms with E-state index in [1.807, 2.05) is 0 Å². The Balaban J connectivity index is 2.95. The fourth-order valence-corrected chi connectivity index (χ4v) is 0.892. The van der Waals surface area contributed by atoms with Gasteiger partial charge in [0.25, 0.3) is 0 Å². The van der Waals surface area contributed by atoms with E-state index in [4.69, 9.17) is 5.73 Å². The second-order valence-corrected chi connectivity index (χ2v) is 2.40. The zero-order valence-corrected chi connectivity index (χ0v) is 7.03. The Bertz CT molecular complexity index is 317. The molecule has 0 aliphatic heterocycles. The molecule has 0 aliphatic carbocycles. The number of halogens is 1. The molecule has 1 heterocycles. The van der Waals surface area contributed by atoms with Crippen LogP contribution in [0, 0.1) is 5.82 Å². The third-order valence-electron chi connectivity index (χ3n) is 1.59. The number of nitrogens with zero attached hydrogens (tertiary/aromatic N) is 1. The Morgan fingerprint density at radius 3 is 3.00 bits per heavy atom. The quantitative estimate of drug-likeness (QED) is 0.675. The molecule has 0 aliphatic rings. The number of aromatic nitrogens is 1. The molecule has 5 heteroatoms. The maximum atomic E-state index is 13.0. The first-order chi connectivity index (χ1) is 6.16. The molecule has 13 heavy (non-hydrogen) atoms. The summed E-state index contributed by atoms with van der Waals surface area (Å²) in [5, 5.41) is 0. The summed E-state index contributed by atoms with van der Waals surface area (Å²) in [4.78, 5) is 14.5. The standard InChI is InChI=1S/C8H9FN2O2/c1-13-8(12)7(10)5-2-3-11-4-6(5)9/h2-4,7H,10H2,1H3. The summed E-state index contributed by atoms with van der Waals surface area (Å²) in [6.45, 7) is 0. The molecule has 0 amide bonds. The van der Waals surface area contributed by atoms with Gasteiger partial charge in [-0.05, 0) is 6.07 Å². The molecule has 0 saturated heterocycles. The second-order valence-electron chi connectivity index (χ2n) is 2.40. The van der Waals surface area contributed by atoms with E-state index >= 15 is 0 Å². The van der Waals surface area contributed by atoms with Crippen molar-refractivity contribution in [1.29, 1.82) is 0 Å². The normalized spacial score (nSPS) is 12.2. The van der Waals surface area contributed by atoms with Crippen LogP contribution in [0.5, 0.6) is 0 Å². The van der Waals surface area contributed by atoms with Crippen LogP contribution in [0.1, 0.15) is 11.6 Å². The van der Waals surface area contributed by atoms with Crippen molar-refractivity contribution in [2.75, 3.05) is 7.11 Å². The van der Waals surface area contributed by atoms with Crippen LogP contribution in [0.3, 0.4) is 0 Å². The van der Waals surface area contributed by atoms with E-state index in [1.54, 1.807) is 0 Å². The summed E-state index contributed by atoms with van der Waals surface area (Å²) >= 11 is 0. The van der Waals surface area contributed by atoms with Crippen molar-refractivity contribution in [1.82, 2.24) is 4.98 Å². The van der Waals surface area contributed by atoms with Crippen LogP contribution >= 0.6 is 0 Å². The summed E-state index contributed by atoms with van der Waals surface area (Å²) in [5.41, 5.74) is 5.49. The predicted octanol–water partition coefficient (Wildman–Crippen LogP) is 0.393. The van der Waals surface area contributed by atoms with Gasteiger partial charge in [-0.25, -0.2) is 4.39 Å². The maximum absolute atomic E-state index is 13.0. The summed E-state index contributed by atoms with van der Waals surface area (Å²) < 4.78 is 17.4. The van der Waals surface area contributed by atoms with E-state index in [0.29, 0.717) is 0 Å². The zero-order valence-electron chi connectivity index (χ0n) is 7.03. The average Bonchev–Trinajstić information content (AvgIpc) is 2.16. The molecule has 0 fully saturated rings. The van der Waals surface area contributed by atoms with E-state index in [9.17, 15) is 9.18 Å². The van der Waals surface area contributed by atoms with Crippen molar-refractivity contribution in [3.63, 3.8) is 0 Å². The van der Waals surface area contributed by atoms with Gasteiger partial charge in [-0.1, -0.05) is 0 Å². The van der Waals surface area contributed by atoms with Crippen molar-refractivity contribution in [2.45, 2.75) is 6.04 Å². The van der Waals surface area contributed by atoms with Gasteiger partial charge >= 0.3 is 5.97 Å². The van der Waals surface area contributed by atoms with Crippen molar-refractivity contribution in [3.8, 4) is 0 Å². The van der Waals surface area contributed by atoms with Crippen molar-refractivity contribution in [3.05, 3.63) is 29.8 Å². The third-order valence-corrected chi connectivity index (χ3v) is 1.59. The van der Waals surface area contributed by atoms with Gasteiger partial charge in [-0.2, -0.15) is 0 Å². The van der Waals surface area contributed by atoms with Crippen LogP contribution in [0.25, 0.3) is 0 Å². The molecule has 2 N–H and O–H groups in total. The van der Waals surface area contributed by atoms with E-state index in [0.717, 1.165) is 6.20 Å². The first kappa shape index (κ1) is 9.60. The Morgan fingerprint density at radius 1 is 1.77 bits per heavy atom. The van der Waals surface area contributed by atoms with Gasteiger partial charge in [0.2, 0.25) is 0 Å². The van der Waals surface area contributed by atoms with Crippen LogP contribution in [0.4, 0.5) is 4.39 Å². The van der Waals surface area contributed by atoms with Crippen molar-refractivity contribution < 1.29 is 13.9 Å². The Morgan fingerprint density at radius 2 is 2.46 bits per heavy atom. The molecule has 1 atom stereocenters. The highest BCUT2D eigenvalue weighted by Crippen LogP contribution is 2.13. The number of hydrogen-bond acceptors (Lipinski definition) is 4. The van der Waals surface area contributed by atoms with Gasteiger partial charge in [-0.15, -0.1) is 0 Å². The lowest BCUT2D eigenvalue weighted by atomic mass is 10.1. The minimum absolute atomic E-state index is 0.0850. The van der Waals surface area contributed by atoms with Gasteiger partial charge in [0, 0.05) is 11.8 Å². The molecule has 0 bridgehead atoms. The summed E-state index contributed by atoms with van der Waals surface area (Å²) in [6, 6.07) is 0.254. The fourth-order valence-electron chi connectivity index (χ4n) is 0.892. The van der Waals surface area contributed by atoms with Crippen LogP contribution in [-0.2, 0) is 9.53 Å². The smallest absolute Gasteiger partial charge is 0.327 e. The first-order valence-electron chi connectivity index (χ1n) is 3.59. The van der Waals surface area contributed by atoms with Gasteiger partial charge in [0.1, 0.15) is 11.9 Å². The maximum Gasteiger partial charge on any atom is 0.327 e. The molecule has 0 spiro atoms. The Hall–Kier alpha value is -1.49. The van der Waals surface area contributed by atoms with E-state index in [-0.39, 0.29) is 5.56 Å². The highest BCUT2D eigenvalue weighted by atomic mass is 19.1. The lowest BCUT2D eigenvalue weighted by Gasteiger charge is -2.09. The predicted molar refractivity (Wildman–Crippen MR) is 43.1 cm³/mol. The van der Waals surface area contributed by atoms with Crippen LogP contribution in [0.2, 0.25) is 0 Å². The minimum Gasteiger partial charge on any atom is -0.468 e. The molecule has 0 radical (unpaired) electrons. The molecular weight excluding hydrogens is 175 g/mol. The largest absolute Gasteiger partial charge is 0.468 e. The minimum atomic E-state index is -1.09. The fraction of sp³-hybridized carbons (Fsp3) is 0.250. The number of pyridine rings is 1. The Labute approximate surface area is 74.5 Å². The SMILES string of the molecule is COC(=O)C(N)c1ccncc1F. The molecular formula is C8H9FN2O2. The van der Waals surface area contributed by atoms with Crippen LogP contribution < -0.4 is 5.73 Å². The monoisotopic (exact) mass is 184 g/mol. The van der Waals surface area contributed by atoms with Crippen molar-refractivity contribution in [2.24, 2.45) is 5.73 Å². The first-order valence-corrected chi connectivity index (χ1v) is 3.59. The number of methoxy groups -OCH3 is 1. The van der Waals surface area contributed by atoms with Crippen molar-refractivity contribution >= 4 is 5.97 Å². The number of rotatable bonds is 2. The average molecular weight is 184 g/mol. The molecule has 1 rings (SSSR count). The Kier molecular flexibility index (Phi) is 2.92. The molecule has 1 aromatic heterocycles. The lowest BCUT2D eigenvalue weighted by molar-refractivity contribution is -0.142. The zero-order chi connectivity index (χ0) is 9.84. The van der Waals surface area contributed by atoms with E-state index in [1.165, 1.54) is 19.4 Å². The van der Waals surface area contributed by atoms with Gasteiger partial charge < -0.3 is 10.5 Å². The lowest BCUT2D eigenvalue weighted by Crippen LogP contribution is -2.23. The number of hydrogen-bond donors (Lipinski definition) is 1. The van der Waals surface area contributed by atoms with E-state index in [2.05, 4.69) is 9.72 Å². The number of carbonyl (C=O) groups is 1. The highest BCUT2D eigenvalue weighted by molar-refractivity contribution is 5.77. The second kappa shape index (κ2) is 3.95. The van der Waals surface area contributed by atoms with Crippen LogP contribution in [-0.4, -0.2) is 18.1 Å². The topological polar surface area (TPSA) is 65.2 Å². The number of carbonyl (C=O) groups excluding carboxylic acids is 1. The van der Waals surface area contributed by atoms with Gasteiger partial charge in [-0.3, -0.25) is 9.78 Å². The summed E-state index contributed by atoms with van der Waals surface area (Å²) in [6.07, 6.45) is 2.36. The molecule has 70 valence electrons. The van der Waals surface area contributed by atoms with Crippen LogP contribution in [0.15, 0.2) is 18.5 Å². The van der Waals surface area contributed by atoms with Gasteiger partial charge in [0.15, 0.2) is 0 Å². The summed E-state index contributed by atoms with van der Waals surface area (Å²) in [7, 11) is 1.20. The summed E-state index contributed by atoms with van der Waals surface area (Å²) in [5.74, 6) is -1.29. The molecule has 0 saturated carbocycles. The number of nitrogens with two attached hydrogens (primary N) is 1. The van der Waals surface area contributed by atoms with Gasteiger partial charge in [0.05, 0.1) is 13.3 Å². The number of esters is 1. The molecule has 1 aromatic rings. The molecule has 4 nitrogen and oxygen atoms in total. The molecule has 1 unspecified atom stereocenters.